The predicted molar refractivity (Wildman–Crippen MR) is 89.3 cm³/mol. The molecule has 0 spiro atoms. The molecule has 0 aliphatic carbocycles. The fourth-order valence-electron chi connectivity index (χ4n) is 2.69. The van der Waals surface area contributed by atoms with Crippen molar-refractivity contribution in [1.82, 2.24) is 10.0 Å². The van der Waals surface area contributed by atoms with Gasteiger partial charge in [-0.15, -0.1) is 12.4 Å². The van der Waals surface area contributed by atoms with Gasteiger partial charge in [0, 0.05) is 23.4 Å². The highest BCUT2D eigenvalue weighted by Crippen LogP contribution is 2.30. The van der Waals surface area contributed by atoms with Gasteiger partial charge >= 0.3 is 0 Å². The second-order valence-corrected chi connectivity index (χ2v) is 6.80. The first-order valence-corrected chi connectivity index (χ1v) is 8.39. The van der Waals surface area contributed by atoms with E-state index in [0.717, 1.165) is 18.4 Å². The Hall–Kier alpha value is -1.34. The van der Waals surface area contributed by atoms with Crippen molar-refractivity contribution in [2.45, 2.75) is 17.4 Å². The molecule has 5 nitrogen and oxygen atoms in total. The standard InChI is InChI=1S/C15H18N2O3S.ClH/c1-20-14-6-7-15(13-5-3-2-4-12(13)14)21(18,19)17-11-8-9-16-10-11;/h2-7,11,16-17H,8-10H2,1H3;1H. The highest BCUT2D eigenvalue weighted by atomic mass is 35.5. The lowest BCUT2D eigenvalue weighted by atomic mass is 10.1. The van der Waals surface area contributed by atoms with Gasteiger partial charge in [-0.2, -0.15) is 0 Å². The number of rotatable bonds is 4. The lowest BCUT2D eigenvalue weighted by Crippen LogP contribution is -2.36. The van der Waals surface area contributed by atoms with Crippen LogP contribution in [0.4, 0.5) is 0 Å². The summed E-state index contributed by atoms with van der Waals surface area (Å²) in [5, 5.41) is 4.63. The quantitative estimate of drug-likeness (QED) is 0.890. The van der Waals surface area contributed by atoms with E-state index in [-0.39, 0.29) is 18.4 Å². The first-order valence-electron chi connectivity index (χ1n) is 6.90. The van der Waals surface area contributed by atoms with E-state index < -0.39 is 10.0 Å². The smallest absolute Gasteiger partial charge is 0.241 e. The summed E-state index contributed by atoms with van der Waals surface area (Å²) in [6.07, 6.45) is 0.813. The Morgan fingerprint density at radius 1 is 1.18 bits per heavy atom. The van der Waals surface area contributed by atoms with Crippen LogP contribution in [0.15, 0.2) is 41.3 Å². The Kier molecular flexibility index (Phi) is 5.28. The van der Waals surface area contributed by atoms with Gasteiger partial charge in [0.15, 0.2) is 0 Å². The molecule has 0 aromatic heterocycles. The lowest BCUT2D eigenvalue weighted by molar-refractivity contribution is 0.419. The fourth-order valence-corrected chi connectivity index (χ4v) is 4.18. The number of methoxy groups -OCH3 is 1. The van der Waals surface area contributed by atoms with Crippen molar-refractivity contribution in [3.05, 3.63) is 36.4 Å². The summed E-state index contributed by atoms with van der Waals surface area (Å²) in [6, 6.07) is 10.6. The summed E-state index contributed by atoms with van der Waals surface area (Å²) in [5.74, 6) is 0.673. The van der Waals surface area contributed by atoms with Crippen LogP contribution in [-0.4, -0.2) is 34.7 Å². The number of fused-ring (bicyclic) bond motifs is 1. The summed E-state index contributed by atoms with van der Waals surface area (Å²) in [5.41, 5.74) is 0. The van der Waals surface area contributed by atoms with E-state index >= 15 is 0 Å². The maximum absolute atomic E-state index is 12.6. The zero-order valence-electron chi connectivity index (χ0n) is 12.2. The summed E-state index contributed by atoms with van der Waals surface area (Å²) in [6.45, 7) is 1.52. The van der Waals surface area contributed by atoms with Crippen LogP contribution >= 0.6 is 12.4 Å². The predicted octanol–water partition coefficient (Wildman–Crippen LogP) is 1.91. The van der Waals surface area contributed by atoms with Gasteiger partial charge in [-0.3, -0.25) is 0 Å². The Morgan fingerprint density at radius 3 is 2.55 bits per heavy atom. The van der Waals surface area contributed by atoms with Crippen molar-refractivity contribution >= 4 is 33.2 Å². The zero-order chi connectivity index (χ0) is 14.9. The molecule has 2 aromatic rings. The molecule has 2 aromatic carbocycles. The Balaban J connectivity index is 0.00000176. The number of hydrogen-bond donors (Lipinski definition) is 2. The monoisotopic (exact) mass is 342 g/mol. The first-order chi connectivity index (χ1) is 10.1. The summed E-state index contributed by atoms with van der Waals surface area (Å²) < 4.78 is 33.3. The lowest BCUT2D eigenvalue weighted by Gasteiger charge is -2.15. The molecule has 1 heterocycles. The highest BCUT2D eigenvalue weighted by Gasteiger charge is 2.24. The van der Waals surface area contributed by atoms with Crippen molar-refractivity contribution in [3.63, 3.8) is 0 Å². The van der Waals surface area contributed by atoms with E-state index in [1.54, 1.807) is 25.3 Å². The van der Waals surface area contributed by atoms with Gasteiger partial charge in [-0.1, -0.05) is 24.3 Å². The van der Waals surface area contributed by atoms with E-state index in [9.17, 15) is 8.42 Å². The Morgan fingerprint density at radius 2 is 1.91 bits per heavy atom. The van der Waals surface area contributed by atoms with Gasteiger partial charge in [0.1, 0.15) is 5.75 Å². The van der Waals surface area contributed by atoms with Crippen LogP contribution < -0.4 is 14.8 Å². The Labute approximate surface area is 136 Å². The van der Waals surface area contributed by atoms with Crippen molar-refractivity contribution in [2.75, 3.05) is 20.2 Å². The van der Waals surface area contributed by atoms with Crippen LogP contribution in [0.2, 0.25) is 0 Å². The molecule has 0 radical (unpaired) electrons. The molecule has 1 aliphatic rings. The average Bonchev–Trinajstić information content (AvgIpc) is 2.98. The number of benzene rings is 2. The van der Waals surface area contributed by atoms with E-state index in [2.05, 4.69) is 10.0 Å². The summed E-state index contributed by atoms with van der Waals surface area (Å²) >= 11 is 0. The molecule has 22 heavy (non-hydrogen) atoms. The molecular weight excluding hydrogens is 324 g/mol. The molecule has 2 N–H and O–H groups in total. The maximum atomic E-state index is 12.6. The number of nitrogens with one attached hydrogen (secondary N) is 2. The first kappa shape index (κ1) is 17.0. The van der Waals surface area contributed by atoms with Gasteiger partial charge in [-0.25, -0.2) is 13.1 Å². The van der Waals surface area contributed by atoms with Gasteiger partial charge in [0.05, 0.1) is 12.0 Å². The highest BCUT2D eigenvalue weighted by molar-refractivity contribution is 7.89. The van der Waals surface area contributed by atoms with Crippen LogP contribution in [0, 0.1) is 0 Å². The molecule has 1 unspecified atom stereocenters. The maximum Gasteiger partial charge on any atom is 0.241 e. The second kappa shape index (κ2) is 6.83. The topological polar surface area (TPSA) is 67.4 Å². The molecule has 1 saturated heterocycles. The van der Waals surface area contributed by atoms with E-state index in [0.29, 0.717) is 22.6 Å². The van der Waals surface area contributed by atoms with Crippen LogP contribution in [0.3, 0.4) is 0 Å². The van der Waals surface area contributed by atoms with Gasteiger partial charge in [-0.05, 0) is 25.1 Å². The molecule has 7 heteroatoms. The SMILES string of the molecule is COc1ccc(S(=O)(=O)NC2CCNC2)c2ccccc12.Cl. The molecular formula is C15H19ClN2O3S. The third-order valence-electron chi connectivity index (χ3n) is 3.74. The van der Waals surface area contributed by atoms with Gasteiger partial charge in [0.25, 0.3) is 0 Å². The minimum absolute atomic E-state index is 0. The van der Waals surface area contributed by atoms with Crippen LogP contribution in [0.1, 0.15) is 6.42 Å². The van der Waals surface area contributed by atoms with Crippen molar-refractivity contribution in [1.29, 1.82) is 0 Å². The molecule has 1 aliphatic heterocycles. The molecule has 0 saturated carbocycles. The normalized spacial score (nSPS) is 18.1. The third kappa shape index (κ3) is 3.20. The molecule has 0 bridgehead atoms. The van der Waals surface area contributed by atoms with Crippen LogP contribution in [0.25, 0.3) is 10.8 Å². The third-order valence-corrected chi connectivity index (χ3v) is 5.31. The van der Waals surface area contributed by atoms with E-state index in [4.69, 9.17) is 4.74 Å². The molecule has 120 valence electrons. The van der Waals surface area contributed by atoms with E-state index in [1.165, 1.54) is 0 Å². The minimum Gasteiger partial charge on any atom is -0.496 e. The van der Waals surface area contributed by atoms with Crippen molar-refractivity contribution in [2.24, 2.45) is 0 Å². The number of halogens is 1. The van der Waals surface area contributed by atoms with Gasteiger partial charge in [0.2, 0.25) is 10.0 Å². The van der Waals surface area contributed by atoms with E-state index in [1.807, 2.05) is 18.2 Å². The van der Waals surface area contributed by atoms with Crippen LogP contribution in [0.5, 0.6) is 5.75 Å². The van der Waals surface area contributed by atoms with Crippen molar-refractivity contribution < 1.29 is 13.2 Å². The minimum atomic E-state index is -3.54. The largest absolute Gasteiger partial charge is 0.496 e. The average molecular weight is 343 g/mol. The molecule has 0 amide bonds. The fraction of sp³-hybridized carbons (Fsp3) is 0.333. The molecule has 3 rings (SSSR count). The van der Waals surface area contributed by atoms with Crippen molar-refractivity contribution in [3.8, 4) is 5.75 Å². The summed E-state index contributed by atoms with van der Waals surface area (Å²) in [7, 11) is -1.96. The summed E-state index contributed by atoms with van der Waals surface area (Å²) in [4.78, 5) is 0.297. The number of ether oxygens (including phenoxy) is 1. The Bertz CT molecular complexity index is 758. The number of sulfonamides is 1. The second-order valence-electron chi connectivity index (χ2n) is 5.12. The number of hydrogen-bond acceptors (Lipinski definition) is 4. The van der Waals surface area contributed by atoms with Gasteiger partial charge < -0.3 is 10.1 Å². The zero-order valence-corrected chi connectivity index (χ0v) is 13.8. The molecule has 1 fully saturated rings. The molecule has 1 atom stereocenters. The van der Waals surface area contributed by atoms with Crippen LogP contribution in [-0.2, 0) is 10.0 Å².